The summed E-state index contributed by atoms with van der Waals surface area (Å²) in [5.41, 5.74) is 2.09. The Morgan fingerprint density at radius 2 is 1.79 bits per heavy atom. The van der Waals surface area contributed by atoms with Crippen molar-refractivity contribution in [2.45, 2.75) is 44.6 Å². The van der Waals surface area contributed by atoms with Crippen LogP contribution in [0.4, 0.5) is 4.39 Å². The summed E-state index contributed by atoms with van der Waals surface area (Å²) in [5, 5.41) is 3.13. The standard InChI is InChI=1S/C24H31FN2O2/c1-18(19-10-12-20(25)13-11-19)16-24(28)26-17-22(27-14-6-3-7-15-27)21-8-4-5-9-23(21)29-2/h4-5,8-13,18,22H,3,6-7,14-17H2,1-2H3,(H,26,28). The Balaban J connectivity index is 1.66. The van der Waals surface area contributed by atoms with Gasteiger partial charge in [0.1, 0.15) is 11.6 Å². The predicted octanol–water partition coefficient (Wildman–Crippen LogP) is 4.67. The molecule has 1 amide bonds. The minimum atomic E-state index is -0.258. The van der Waals surface area contributed by atoms with E-state index >= 15 is 0 Å². The molecule has 1 saturated heterocycles. The Kier molecular flexibility index (Phi) is 7.64. The average molecular weight is 399 g/mol. The molecule has 2 atom stereocenters. The number of piperidine rings is 1. The van der Waals surface area contributed by atoms with Crippen molar-refractivity contribution in [3.05, 3.63) is 65.5 Å². The smallest absolute Gasteiger partial charge is 0.220 e. The van der Waals surface area contributed by atoms with Crippen molar-refractivity contribution in [1.29, 1.82) is 0 Å². The number of carbonyl (C=O) groups is 1. The highest BCUT2D eigenvalue weighted by atomic mass is 19.1. The molecule has 0 bridgehead atoms. The lowest BCUT2D eigenvalue weighted by molar-refractivity contribution is -0.121. The van der Waals surface area contributed by atoms with Crippen LogP contribution in [0, 0.1) is 5.82 Å². The minimum absolute atomic E-state index is 0.0127. The lowest BCUT2D eigenvalue weighted by Gasteiger charge is -2.35. The summed E-state index contributed by atoms with van der Waals surface area (Å²) < 4.78 is 18.7. The van der Waals surface area contributed by atoms with Gasteiger partial charge in [0.15, 0.2) is 0 Å². The number of nitrogens with zero attached hydrogens (tertiary/aromatic N) is 1. The van der Waals surface area contributed by atoms with Crippen LogP contribution < -0.4 is 10.1 Å². The highest BCUT2D eigenvalue weighted by Gasteiger charge is 2.25. The molecule has 0 aromatic heterocycles. The summed E-state index contributed by atoms with van der Waals surface area (Å²) in [6.45, 7) is 4.61. The third-order valence-electron chi connectivity index (χ3n) is 5.75. The van der Waals surface area contributed by atoms with Crippen LogP contribution >= 0.6 is 0 Å². The molecule has 156 valence electrons. The number of hydrogen-bond donors (Lipinski definition) is 1. The van der Waals surface area contributed by atoms with Gasteiger partial charge in [-0.25, -0.2) is 4.39 Å². The highest BCUT2D eigenvalue weighted by molar-refractivity contribution is 5.76. The molecule has 1 fully saturated rings. The number of para-hydroxylation sites is 1. The maximum Gasteiger partial charge on any atom is 0.220 e. The van der Waals surface area contributed by atoms with Crippen LogP contribution in [0.15, 0.2) is 48.5 Å². The largest absolute Gasteiger partial charge is 0.496 e. The normalized spacial score (nSPS) is 16.8. The van der Waals surface area contributed by atoms with Crippen LogP contribution in [0.1, 0.15) is 55.7 Å². The molecule has 3 rings (SSSR count). The van der Waals surface area contributed by atoms with Crippen molar-refractivity contribution >= 4 is 5.91 Å². The van der Waals surface area contributed by atoms with E-state index in [4.69, 9.17) is 4.74 Å². The highest BCUT2D eigenvalue weighted by Crippen LogP contribution is 2.31. The van der Waals surface area contributed by atoms with Gasteiger partial charge in [0, 0.05) is 18.5 Å². The summed E-state index contributed by atoms with van der Waals surface area (Å²) in [5.74, 6) is 0.651. The molecular formula is C24H31FN2O2. The van der Waals surface area contributed by atoms with Gasteiger partial charge >= 0.3 is 0 Å². The maximum absolute atomic E-state index is 13.1. The first-order valence-corrected chi connectivity index (χ1v) is 10.5. The summed E-state index contributed by atoms with van der Waals surface area (Å²) in [4.78, 5) is 15.1. The van der Waals surface area contributed by atoms with Crippen LogP contribution in [0.25, 0.3) is 0 Å². The molecule has 0 radical (unpaired) electrons. The van der Waals surface area contributed by atoms with Crippen LogP contribution in [0.2, 0.25) is 0 Å². The number of halogens is 1. The molecule has 1 heterocycles. The number of ether oxygens (including phenoxy) is 1. The number of methoxy groups -OCH3 is 1. The van der Waals surface area contributed by atoms with E-state index in [0.29, 0.717) is 13.0 Å². The molecular weight excluding hydrogens is 367 g/mol. The second-order valence-corrected chi connectivity index (χ2v) is 7.82. The molecule has 2 unspecified atom stereocenters. The van der Waals surface area contributed by atoms with Gasteiger partial charge in [0.2, 0.25) is 5.91 Å². The van der Waals surface area contributed by atoms with E-state index in [2.05, 4.69) is 16.3 Å². The molecule has 0 saturated carbocycles. The van der Waals surface area contributed by atoms with E-state index in [1.165, 1.54) is 31.4 Å². The molecule has 2 aromatic carbocycles. The second-order valence-electron chi connectivity index (χ2n) is 7.82. The fourth-order valence-electron chi connectivity index (χ4n) is 4.08. The zero-order valence-electron chi connectivity index (χ0n) is 17.4. The molecule has 0 spiro atoms. The number of amides is 1. The minimum Gasteiger partial charge on any atom is -0.496 e. The van der Waals surface area contributed by atoms with E-state index in [1.54, 1.807) is 19.2 Å². The Hall–Kier alpha value is -2.40. The number of benzene rings is 2. The molecule has 1 aliphatic rings. The fraction of sp³-hybridized carbons (Fsp3) is 0.458. The third kappa shape index (κ3) is 5.80. The van der Waals surface area contributed by atoms with Gasteiger partial charge in [-0.3, -0.25) is 9.69 Å². The monoisotopic (exact) mass is 398 g/mol. The molecule has 1 aliphatic heterocycles. The van der Waals surface area contributed by atoms with Crippen molar-refractivity contribution in [2.24, 2.45) is 0 Å². The van der Waals surface area contributed by atoms with Gasteiger partial charge in [-0.1, -0.05) is 43.7 Å². The van der Waals surface area contributed by atoms with Crippen molar-refractivity contribution < 1.29 is 13.9 Å². The molecule has 2 aromatic rings. The molecule has 5 heteroatoms. The van der Waals surface area contributed by atoms with Gasteiger partial charge in [0.05, 0.1) is 13.2 Å². The van der Waals surface area contributed by atoms with E-state index in [0.717, 1.165) is 30.0 Å². The van der Waals surface area contributed by atoms with Crippen LogP contribution in [-0.4, -0.2) is 37.6 Å². The van der Waals surface area contributed by atoms with Gasteiger partial charge in [0.25, 0.3) is 0 Å². The van der Waals surface area contributed by atoms with E-state index in [9.17, 15) is 9.18 Å². The zero-order chi connectivity index (χ0) is 20.6. The Bertz CT molecular complexity index is 788. The summed E-state index contributed by atoms with van der Waals surface area (Å²) in [6, 6.07) is 14.5. The quantitative estimate of drug-likeness (QED) is 0.702. The van der Waals surface area contributed by atoms with E-state index in [1.807, 2.05) is 25.1 Å². The summed E-state index contributed by atoms with van der Waals surface area (Å²) in [6.07, 6.45) is 4.00. The lowest BCUT2D eigenvalue weighted by atomic mass is 9.97. The zero-order valence-corrected chi connectivity index (χ0v) is 17.4. The van der Waals surface area contributed by atoms with Gasteiger partial charge in [-0.15, -0.1) is 0 Å². The molecule has 1 N–H and O–H groups in total. The molecule has 29 heavy (non-hydrogen) atoms. The SMILES string of the molecule is COc1ccccc1C(CNC(=O)CC(C)c1ccc(F)cc1)N1CCCCC1. The topological polar surface area (TPSA) is 41.6 Å². The van der Waals surface area contributed by atoms with Crippen molar-refractivity contribution in [2.75, 3.05) is 26.7 Å². The first-order chi connectivity index (χ1) is 14.1. The average Bonchev–Trinajstić information content (AvgIpc) is 2.75. The molecule has 0 aliphatic carbocycles. The van der Waals surface area contributed by atoms with Crippen LogP contribution in [0.3, 0.4) is 0 Å². The van der Waals surface area contributed by atoms with Crippen molar-refractivity contribution in [3.8, 4) is 5.75 Å². The Labute approximate surface area is 173 Å². The number of hydrogen-bond acceptors (Lipinski definition) is 3. The number of rotatable bonds is 8. The number of likely N-dealkylation sites (tertiary alicyclic amines) is 1. The molecule has 4 nitrogen and oxygen atoms in total. The van der Waals surface area contributed by atoms with Gasteiger partial charge < -0.3 is 10.1 Å². The Morgan fingerprint density at radius 1 is 1.10 bits per heavy atom. The summed E-state index contributed by atoms with van der Waals surface area (Å²) in [7, 11) is 1.69. The first kappa shape index (κ1) is 21.3. The van der Waals surface area contributed by atoms with E-state index < -0.39 is 0 Å². The Morgan fingerprint density at radius 3 is 2.48 bits per heavy atom. The van der Waals surface area contributed by atoms with Crippen molar-refractivity contribution in [3.63, 3.8) is 0 Å². The van der Waals surface area contributed by atoms with Crippen LogP contribution in [-0.2, 0) is 4.79 Å². The third-order valence-corrected chi connectivity index (χ3v) is 5.75. The fourth-order valence-corrected chi connectivity index (χ4v) is 4.08. The lowest BCUT2D eigenvalue weighted by Crippen LogP contribution is -2.41. The van der Waals surface area contributed by atoms with E-state index in [-0.39, 0.29) is 23.7 Å². The number of carbonyl (C=O) groups excluding carboxylic acids is 1. The second kappa shape index (κ2) is 10.4. The van der Waals surface area contributed by atoms with Gasteiger partial charge in [-0.05, 0) is 55.6 Å². The maximum atomic E-state index is 13.1. The van der Waals surface area contributed by atoms with Crippen LogP contribution in [0.5, 0.6) is 5.75 Å². The van der Waals surface area contributed by atoms with Crippen molar-refractivity contribution in [1.82, 2.24) is 10.2 Å². The van der Waals surface area contributed by atoms with Gasteiger partial charge in [-0.2, -0.15) is 0 Å². The number of nitrogens with one attached hydrogen (secondary N) is 1. The first-order valence-electron chi connectivity index (χ1n) is 10.5. The predicted molar refractivity (Wildman–Crippen MR) is 114 cm³/mol. The summed E-state index contributed by atoms with van der Waals surface area (Å²) >= 11 is 0.